The molecule has 1 atom stereocenters. The number of aryl methyl sites for hydroxylation is 1. The molecule has 2 saturated heterocycles. The quantitative estimate of drug-likeness (QED) is 0.799. The van der Waals surface area contributed by atoms with E-state index in [1.54, 1.807) is 0 Å². The standard InChI is InChI=1S/C17H23NO2S/c1-13-2-5-15(6-3-13)21-16-8-10-18(11-9-16)12-14-4-7-17(19)20-14/h2-3,5-6,14,16H,4,7-12H2,1H3/t14-/m0/s1. The first-order valence-corrected chi connectivity index (χ1v) is 8.72. The zero-order valence-electron chi connectivity index (χ0n) is 12.6. The van der Waals surface area contributed by atoms with Gasteiger partial charge in [0.05, 0.1) is 0 Å². The Kier molecular flexibility index (Phi) is 4.86. The van der Waals surface area contributed by atoms with E-state index >= 15 is 0 Å². The average molecular weight is 305 g/mol. The number of rotatable bonds is 4. The van der Waals surface area contributed by atoms with Gasteiger partial charge in [0.15, 0.2) is 0 Å². The molecule has 0 N–H and O–H groups in total. The summed E-state index contributed by atoms with van der Waals surface area (Å²) in [5.41, 5.74) is 1.32. The van der Waals surface area contributed by atoms with Gasteiger partial charge >= 0.3 is 5.97 Å². The first-order valence-electron chi connectivity index (χ1n) is 7.84. The summed E-state index contributed by atoms with van der Waals surface area (Å²) in [6.07, 6.45) is 4.08. The monoisotopic (exact) mass is 305 g/mol. The molecule has 2 heterocycles. The zero-order chi connectivity index (χ0) is 14.7. The number of cyclic esters (lactones) is 1. The minimum Gasteiger partial charge on any atom is -0.461 e. The second-order valence-electron chi connectivity index (χ2n) is 6.08. The molecule has 0 bridgehead atoms. The maximum Gasteiger partial charge on any atom is 0.306 e. The fourth-order valence-electron chi connectivity index (χ4n) is 3.02. The van der Waals surface area contributed by atoms with E-state index in [2.05, 4.69) is 36.1 Å². The van der Waals surface area contributed by atoms with Crippen LogP contribution in [0.15, 0.2) is 29.2 Å². The van der Waals surface area contributed by atoms with Gasteiger partial charge in [-0.25, -0.2) is 0 Å². The molecule has 0 unspecified atom stereocenters. The lowest BCUT2D eigenvalue weighted by Gasteiger charge is -2.32. The van der Waals surface area contributed by atoms with E-state index in [1.165, 1.54) is 23.3 Å². The molecule has 114 valence electrons. The molecule has 1 aromatic rings. The molecular weight excluding hydrogens is 282 g/mol. The Hall–Kier alpha value is -1.00. The summed E-state index contributed by atoms with van der Waals surface area (Å²) in [7, 11) is 0. The second kappa shape index (κ2) is 6.84. The normalized spacial score (nSPS) is 24.2. The van der Waals surface area contributed by atoms with Gasteiger partial charge < -0.3 is 4.74 Å². The number of carbonyl (C=O) groups excluding carboxylic acids is 1. The van der Waals surface area contributed by atoms with Gasteiger partial charge in [0, 0.05) is 23.1 Å². The molecular formula is C17H23NO2S. The van der Waals surface area contributed by atoms with Crippen LogP contribution in [-0.4, -0.2) is 41.9 Å². The highest BCUT2D eigenvalue weighted by Gasteiger charge is 2.27. The largest absolute Gasteiger partial charge is 0.461 e. The van der Waals surface area contributed by atoms with Gasteiger partial charge in [-0.2, -0.15) is 0 Å². The molecule has 0 aromatic heterocycles. The molecule has 0 saturated carbocycles. The third-order valence-corrected chi connectivity index (χ3v) is 5.64. The molecule has 0 radical (unpaired) electrons. The van der Waals surface area contributed by atoms with Crippen LogP contribution in [-0.2, 0) is 9.53 Å². The fourth-order valence-corrected chi connectivity index (χ4v) is 4.14. The van der Waals surface area contributed by atoms with Crippen LogP contribution in [0.1, 0.15) is 31.2 Å². The molecule has 0 amide bonds. The van der Waals surface area contributed by atoms with E-state index in [4.69, 9.17) is 4.74 Å². The molecule has 1 aromatic carbocycles. The van der Waals surface area contributed by atoms with Crippen LogP contribution in [0.2, 0.25) is 0 Å². The Morgan fingerprint density at radius 2 is 1.90 bits per heavy atom. The lowest BCUT2D eigenvalue weighted by atomic mass is 10.1. The molecule has 0 spiro atoms. The van der Waals surface area contributed by atoms with Crippen LogP contribution in [0.3, 0.4) is 0 Å². The van der Waals surface area contributed by atoms with Gasteiger partial charge in [-0.1, -0.05) is 17.7 Å². The molecule has 2 aliphatic heterocycles. The molecule has 3 nitrogen and oxygen atoms in total. The van der Waals surface area contributed by atoms with Crippen molar-refractivity contribution in [1.29, 1.82) is 0 Å². The first kappa shape index (κ1) is 14.9. The van der Waals surface area contributed by atoms with Gasteiger partial charge in [-0.05, 0) is 51.4 Å². The second-order valence-corrected chi connectivity index (χ2v) is 7.46. The van der Waals surface area contributed by atoms with E-state index in [0.29, 0.717) is 6.42 Å². The molecule has 21 heavy (non-hydrogen) atoms. The smallest absolute Gasteiger partial charge is 0.306 e. The third-order valence-electron chi connectivity index (χ3n) is 4.29. The molecule has 4 heteroatoms. The lowest BCUT2D eigenvalue weighted by Crippen LogP contribution is -2.39. The van der Waals surface area contributed by atoms with Crippen molar-refractivity contribution >= 4 is 17.7 Å². The molecule has 0 aliphatic carbocycles. The summed E-state index contributed by atoms with van der Waals surface area (Å²) in [6.45, 7) is 5.30. The summed E-state index contributed by atoms with van der Waals surface area (Å²) in [4.78, 5) is 15.0. The number of esters is 1. The van der Waals surface area contributed by atoms with Crippen LogP contribution in [0.25, 0.3) is 0 Å². The maximum atomic E-state index is 11.1. The number of hydrogen-bond donors (Lipinski definition) is 0. The first-order chi connectivity index (χ1) is 10.2. The van der Waals surface area contributed by atoms with E-state index in [0.717, 1.165) is 31.3 Å². The van der Waals surface area contributed by atoms with Gasteiger partial charge in [-0.3, -0.25) is 9.69 Å². The van der Waals surface area contributed by atoms with Crippen molar-refractivity contribution in [1.82, 2.24) is 4.90 Å². The van der Waals surface area contributed by atoms with E-state index in [9.17, 15) is 4.79 Å². The van der Waals surface area contributed by atoms with Crippen molar-refractivity contribution in [2.75, 3.05) is 19.6 Å². The fraction of sp³-hybridized carbons (Fsp3) is 0.588. The number of ether oxygens (including phenoxy) is 1. The van der Waals surface area contributed by atoms with E-state index in [1.807, 2.05) is 11.8 Å². The van der Waals surface area contributed by atoms with Gasteiger partial charge in [0.2, 0.25) is 0 Å². The number of carbonyl (C=O) groups is 1. The van der Waals surface area contributed by atoms with Crippen LogP contribution >= 0.6 is 11.8 Å². The third kappa shape index (κ3) is 4.24. The van der Waals surface area contributed by atoms with Gasteiger partial charge in [0.25, 0.3) is 0 Å². The molecule has 2 aliphatic rings. The van der Waals surface area contributed by atoms with Crippen molar-refractivity contribution < 1.29 is 9.53 Å². The predicted octanol–water partition coefficient (Wildman–Crippen LogP) is 3.26. The lowest BCUT2D eigenvalue weighted by molar-refractivity contribution is -0.142. The van der Waals surface area contributed by atoms with Crippen LogP contribution in [0, 0.1) is 6.92 Å². The van der Waals surface area contributed by atoms with Crippen molar-refractivity contribution in [2.24, 2.45) is 0 Å². The molecule has 2 fully saturated rings. The number of thioether (sulfide) groups is 1. The minimum absolute atomic E-state index is 0.0233. The highest BCUT2D eigenvalue weighted by Crippen LogP contribution is 2.30. The van der Waals surface area contributed by atoms with Crippen molar-refractivity contribution in [3.05, 3.63) is 29.8 Å². The summed E-state index contributed by atoms with van der Waals surface area (Å²) in [5.74, 6) is -0.0233. The maximum absolute atomic E-state index is 11.1. The minimum atomic E-state index is -0.0233. The van der Waals surface area contributed by atoms with Crippen LogP contribution < -0.4 is 0 Å². The molecule has 3 rings (SSSR count). The summed E-state index contributed by atoms with van der Waals surface area (Å²) in [5, 5.41) is 0.718. The number of nitrogens with zero attached hydrogens (tertiary/aromatic N) is 1. The number of hydrogen-bond acceptors (Lipinski definition) is 4. The number of piperidine rings is 1. The predicted molar refractivity (Wildman–Crippen MR) is 85.6 cm³/mol. The average Bonchev–Trinajstić information content (AvgIpc) is 2.89. The van der Waals surface area contributed by atoms with Crippen LogP contribution in [0.5, 0.6) is 0 Å². The summed E-state index contributed by atoms with van der Waals surface area (Å²) >= 11 is 2.01. The Bertz CT molecular complexity index is 480. The van der Waals surface area contributed by atoms with E-state index < -0.39 is 0 Å². The van der Waals surface area contributed by atoms with Crippen molar-refractivity contribution in [3.63, 3.8) is 0 Å². The highest BCUT2D eigenvalue weighted by molar-refractivity contribution is 8.00. The van der Waals surface area contributed by atoms with Crippen molar-refractivity contribution in [3.8, 4) is 0 Å². The van der Waals surface area contributed by atoms with Gasteiger partial charge in [-0.15, -0.1) is 11.8 Å². The van der Waals surface area contributed by atoms with Crippen LogP contribution in [0.4, 0.5) is 0 Å². The zero-order valence-corrected chi connectivity index (χ0v) is 13.4. The summed E-state index contributed by atoms with van der Waals surface area (Å²) in [6, 6.07) is 8.83. The topological polar surface area (TPSA) is 29.5 Å². The summed E-state index contributed by atoms with van der Waals surface area (Å²) < 4.78 is 5.31. The van der Waals surface area contributed by atoms with E-state index in [-0.39, 0.29) is 12.1 Å². The Morgan fingerprint density at radius 3 is 2.52 bits per heavy atom. The Balaban J connectivity index is 1.42. The SMILES string of the molecule is Cc1ccc(SC2CCN(C[C@@H]3CCC(=O)O3)CC2)cc1. The Labute approximate surface area is 131 Å². The van der Waals surface area contributed by atoms with Gasteiger partial charge in [0.1, 0.15) is 6.10 Å². The number of likely N-dealkylation sites (tertiary alicyclic amines) is 1. The highest BCUT2D eigenvalue weighted by atomic mass is 32.2. The number of benzene rings is 1. The Morgan fingerprint density at radius 1 is 1.19 bits per heavy atom. The van der Waals surface area contributed by atoms with Crippen molar-refractivity contribution in [2.45, 2.75) is 48.9 Å².